The van der Waals surface area contributed by atoms with E-state index in [9.17, 15) is 26.0 Å². The molecule has 198 valence electrons. The second-order valence-corrected chi connectivity index (χ2v) is 10.5. The minimum atomic E-state index is -3.80. The number of nitrogens with one attached hydrogen (secondary N) is 1. The van der Waals surface area contributed by atoms with Gasteiger partial charge in [0.15, 0.2) is 17.3 Å². The summed E-state index contributed by atoms with van der Waals surface area (Å²) < 4.78 is 95.9. The average molecular weight is 546 g/mol. The normalized spacial score (nSPS) is 18.7. The smallest absolute Gasteiger partial charge is 0.281 e. The van der Waals surface area contributed by atoms with E-state index in [1.165, 1.54) is 12.1 Å². The molecule has 0 amide bonds. The molecule has 0 bridgehead atoms. The summed E-state index contributed by atoms with van der Waals surface area (Å²) >= 11 is 0. The predicted molar refractivity (Wildman–Crippen MR) is 121 cm³/mol. The number of aromatic nitrogens is 7. The molecule has 0 radical (unpaired) electrons. The van der Waals surface area contributed by atoms with Gasteiger partial charge in [-0.25, -0.2) is 44.6 Å². The zero-order valence-corrected chi connectivity index (χ0v) is 19.8. The lowest BCUT2D eigenvalue weighted by atomic mass is 10.0. The van der Waals surface area contributed by atoms with Crippen LogP contribution in [0.4, 0.5) is 33.7 Å². The van der Waals surface area contributed by atoms with E-state index in [-0.39, 0.29) is 52.7 Å². The van der Waals surface area contributed by atoms with Gasteiger partial charge in [-0.15, -0.1) is 10.2 Å². The molecule has 1 aliphatic rings. The van der Waals surface area contributed by atoms with Gasteiger partial charge in [-0.3, -0.25) is 0 Å². The Balaban J connectivity index is 1.49. The van der Waals surface area contributed by atoms with Crippen LogP contribution in [0.25, 0.3) is 27.9 Å². The van der Waals surface area contributed by atoms with Gasteiger partial charge in [0.05, 0.1) is 36.3 Å². The van der Waals surface area contributed by atoms with Gasteiger partial charge in [0.2, 0.25) is 16.0 Å². The van der Waals surface area contributed by atoms with E-state index in [1.807, 2.05) is 0 Å². The third-order valence-corrected chi connectivity index (χ3v) is 7.12. The molecule has 1 saturated heterocycles. The average Bonchev–Trinajstić information content (AvgIpc) is 3.33. The van der Waals surface area contributed by atoms with Crippen LogP contribution in [0.1, 0.15) is 6.42 Å². The molecule has 3 N–H and O–H groups in total. The zero-order valence-electron chi connectivity index (χ0n) is 19.0. The fourth-order valence-corrected chi connectivity index (χ4v) is 5.00. The van der Waals surface area contributed by atoms with Crippen molar-refractivity contribution in [2.24, 2.45) is 0 Å². The van der Waals surface area contributed by atoms with Crippen LogP contribution in [-0.4, -0.2) is 85.0 Å². The van der Waals surface area contributed by atoms with Gasteiger partial charge < -0.3 is 11.1 Å². The summed E-state index contributed by atoms with van der Waals surface area (Å²) in [6.07, 6.45) is -1.17. The van der Waals surface area contributed by atoms with Gasteiger partial charge in [0.1, 0.15) is 17.6 Å². The number of piperidine rings is 1. The van der Waals surface area contributed by atoms with Crippen LogP contribution in [-0.2, 0) is 16.6 Å². The summed E-state index contributed by atoms with van der Waals surface area (Å²) in [7, 11) is -3.80. The van der Waals surface area contributed by atoms with Crippen LogP contribution >= 0.6 is 0 Å². The summed E-state index contributed by atoms with van der Waals surface area (Å²) in [5, 5.41) is 13.9. The largest absolute Gasteiger partial charge is 0.382 e. The quantitative estimate of drug-likeness (QED) is 0.344. The highest BCUT2D eigenvalue weighted by Gasteiger charge is 2.47. The first-order valence-corrected chi connectivity index (χ1v) is 12.6. The minimum absolute atomic E-state index is 0.00278. The number of anilines is 2. The third-order valence-electron chi connectivity index (χ3n) is 5.87. The number of hydrogen-bond acceptors (Lipinski definition) is 9. The zero-order chi connectivity index (χ0) is 26.7. The molecule has 0 spiro atoms. The Bertz CT molecular complexity index is 1610. The first-order chi connectivity index (χ1) is 17.3. The number of alkyl halides is 4. The number of nitrogens with zero attached hydrogens (tertiary/aromatic N) is 8. The molecular weight excluding hydrogens is 527 g/mol. The van der Waals surface area contributed by atoms with Crippen molar-refractivity contribution >= 4 is 38.5 Å². The van der Waals surface area contributed by atoms with Crippen LogP contribution in [0.2, 0.25) is 0 Å². The van der Waals surface area contributed by atoms with Gasteiger partial charge in [-0.2, -0.15) is 9.29 Å². The molecule has 0 unspecified atom stereocenters. The van der Waals surface area contributed by atoms with E-state index in [2.05, 4.69) is 30.7 Å². The fraction of sp³-hybridized carbons (Fsp3) is 0.421. The Hall–Kier alpha value is -3.67. The number of hydrogen-bond donors (Lipinski definition) is 2. The van der Waals surface area contributed by atoms with E-state index < -0.39 is 47.3 Å². The molecule has 1 aliphatic heterocycles. The third kappa shape index (κ3) is 4.61. The molecule has 4 aromatic heterocycles. The lowest BCUT2D eigenvalue weighted by molar-refractivity contribution is -0.0541. The van der Waals surface area contributed by atoms with E-state index in [1.54, 1.807) is 0 Å². The van der Waals surface area contributed by atoms with Crippen LogP contribution in [0, 0.1) is 5.82 Å². The van der Waals surface area contributed by atoms with Crippen LogP contribution in [0.5, 0.6) is 0 Å². The van der Waals surface area contributed by atoms with Crippen molar-refractivity contribution in [3.05, 3.63) is 24.1 Å². The summed E-state index contributed by atoms with van der Waals surface area (Å²) in [5.74, 6) is -4.87. The lowest BCUT2D eigenvalue weighted by Crippen LogP contribution is -2.55. The summed E-state index contributed by atoms with van der Waals surface area (Å²) in [4.78, 5) is 8.20. The maximum atomic E-state index is 15.0. The standard InChI is InChI=1S/C19H19F5N10O2S/c1-37(35,36)32-5-4-12(19(23,24)8-32)27-18-28-16(25)15-14(9(20)6-33(15)30-18)10-2-3-11-17(26-10)34(31-29-11)7-13(21)22/h2-3,6,12-13H,4-5,7-8H2,1H3,(H3,25,27,28,30)/t12-/m1/s1. The van der Waals surface area contributed by atoms with Crippen LogP contribution < -0.4 is 11.1 Å². The Morgan fingerprint density at radius 2 is 2.03 bits per heavy atom. The van der Waals surface area contributed by atoms with Gasteiger partial charge in [0, 0.05) is 6.54 Å². The van der Waals surface area contributed by atoms with Gasteiger partial charge in [-0.1, -0.05) is 5.21 Å². The molecule has 18 heteroatoms. The topological polar surface area (TPSA) is 149 Å². The number of nitrogen functional groups attached to an aromatic ring is 1. The molecule has 0 aromatic carbocycles. The van der Waals surface area contributed by atoms with Gasteiger partial charge >= 0.3 is 0 Å². The monoisotopic (exact) mass is 546 g/mol. The number of fused-ring (bicyclic) bond motifs is 2. The number of halogens is 5. The van der Waals surface area contributed by atoms with Crippen molar-refractivity contribution < 1.29 is 30.4 Å². The van der Waals surface area contributed by atoms with Crippen molar-refractivity contribution in [3.8, 4) is 11.3 Å². The van der Waals surface area contributed by atoms with E-state index in [0.717, 1.165) is 21.6 Å². The summed E-state index contributed by atoms with van der Waals surface area (Å²) in [6, 6.07) is 1.31. The Labute approximate surface area is 205 Å². The Kier molecular flexibility index (Phi) is 5.89. The highest BCUT2D eigenvalue weighted by molar-refractivity contribution is 7.88. The second-order valence-electron chi connectivity index (χ2n) is 8.51. The SMILES string of the molecule is CS(=O)(=O)N1CC[C@@H](Nc2nc(N)c3c(-c4ccc5nnn(CC(F)F)c5n4)c(F)cn3n2)C(F)(F)C1. The molecule has 4 aromatic rings. The minimum Gasteiger partial charge on any atom is -0.382 e. The van der Waals surface area contributed by atoms with E-state index in [0.29, 0.717) is 4.31 Å². The first-order valence-electron chi connectivity index (χ1n) is 10.8. The van der Waals surface area contributed by atoms with Crippen molar-refractivity contribution in [2.75, 3.05) is 30.4 Å². The summed E-state index contributed by atoms with van der Waals surface area (Å²) in [6.45, 7) is -1.92. The molecule has 5 rings (SSSR count). The molecule has 0 aliphatic carbocycles. The van der Waals surface area contributed by atoms with E-state index in [4.69, 9.17) is 5.73 Å². The lowest BCUT2D eigenvalue weighted by Gasteiger charge is -2.37. The highest BCUT2D eigenvalue weighted by atomic mass is 32.2. The number of nitrogens with two attached hydrogens (primary N) is 1. The van der Waals surface area contributed by atoms with Crippen LogP contribution in [0.3, 0.4) is 0 Å². The predicted octanol–water partition coefficient (Wildman–Crippen LogP) is 1.60. The molecule has 5 heterocycles. The first kappa shape index (κ1) is 25.0. The van der Waals surface area contributed by atoms with Crippen LogP contribution in [0.15, 0.2) is 18.3 Å². The molecule has 12 nitrogen and oxygen atoms in total. The number of rotatable bonds is 6. The maximum Gasteiger partial charge on any atom is 0.281 e. The van der Waals surface area contributed by atoms with Gasteiger partial charge in [-0.05, 0) is 18.6 Å². The second kappa shape index (κ2) is 8.72. The summed E-state index contributed by atoms with van der Waals surface area (Å²) in [5.41, 5.74) is 6.10. The molecular formula is C19H19F5N10O2S. The maximum absolute atomic E-state index is 15.0. The Morgan fingerprint density at radius 1 is 1.27 bits per heavy atom. The van der Waals surface area contributed by atoms with Crippen molar-refractivity contribution in [1.29, 1.82) is 0 Å². The molecule has 0 saturated carbocycles. The van der Waals surface area contributed by atoms with Crippen molar-refractivity contribution in [1.82, 2.24) is 38.9 Å². The van der Waals surface area contributed by atoms with Gasteiger partial charge in [0.25, 0.3) is 12.3 Å². The number of pyridine rings is 1. The highest BCUT2D eigenvalue weighted by Crippen LogP contribution is 2.33. The number of sulfonamides is 1. The molecule has 1 fully saturated rings. The molecule has 1 atom stereocenters. The van der Waals surface area contributed by atoms with Crippen molar-refractivity contribution in [2.45, 2.75) is 31.4 Å². The van der Waals surface area contributed by atoms with E-state index >= 15 is 4.39 Å². The Morgan fingerprint density at radius 3 is 2.70 bits per heavy atom. The molecule has 37 heavy (non-hydrogen) atoms. The van der Waals surface area contributed by atoms with Crippen molar-refractivity contribution in [3.63, 3.8) is 0 Å². The fourth-order valence-electron chi connectivity index (χ4n) is 4.16.